The highest BCUT2D eigenvalue weighted by molar-refractivity contribution is 7.80. The van der Waals surface area contributed by atoms with E-state index >= 15 is 0 Å². The molecular formula is C16H27N3S. The Hall–Kier alpha value is -1.13. The van der Waals surface area contributed by atoms with Crippen LogP contribution >= 0.6 is 12.2 Å². The molecule has 0 spiro atoms. The van der Waals surface area contributed by atoms with Crippen molar-refractivity contribution in [1.82, 2.24) is 15.5 Å². The van der Waals surface area contributed by atoms with Gasteiger partial charge in [-0.25, -0.2) is 0 Å². The van der Waals surface area contributed by atoms with E-state index in [2.05, 4.69) is 55.4 Å². The maximum absolute atomic E-state index is 5.30. The molecule has 0 aliphatic heterocycles. The molecule has 2 N–H and O–H groups in total. The Balaban J connectivity index is 2.23. The van der Waals surface area contributed by atoms with Crippen LogP contribution in [0, 0.1) is 0 Å². The molecule has 0 aliphatic rings. The highest BCUT2D eigenvalue weighted by Gasteiger charge is 2.12. The lowest BCUT2D eigenvalue weighted by Gasteiger charge is -2.30. The first kappa shape index (κ1) is 16.9. The summed E-state index contributed by atoms with van der Waals surface area (Å²) in [5.74, 6) is 0. The molecule has 0 radical (unpaired) electrons. The molecule has 0 unspecified atom stereocenters. The van der Waals surface area contributed by atoms with Gasteiger partial charge in [-0.2, -0.15) is 0 Å². The molecule has 4 heteroatoms. The zero-order chi connectivity index (χ0) is 15.0. The molecule has 0 aliphatic carbocycles. The first-order chi connectivity index (χ1) is 9.50. The summed E-state index contributed by atoms with van der Waals surface area (Å²) >= 11 is 5.30. The van der Waals surface area contributed by atoms with Gasteiger partial charge in [0.2, 0.25) is 0 Å². The lowest BCUT2D eigenvalue weighted by molar-refractivity contribution is 0.178. The van der Waals surface area contributed by atoms with Crippen LogP contribution in [0.15, 0.2) is 30.3 Å². The van der Waals surface area contributed by atoms with E-state index in [-0.39, 0.29) is 0 Å². The van der Waals surface area contributed by atoms with Crippen LogP contribution in [-0.4, -0.2) is 35.2 Å². The van der Waals surface area contributed by atoms with E-state index in [0.29, 0.717) is 12.1 Å². The van der Waals surface area contributed by atoms with Crippen LogP contribution in [-0.2, 0) is 6.54 Å². The topological polar surface area (TPSA) is 27.3 Å². The van der Waals surface area contributed by atoms with Gasteiger partial charge >= 0.3 is 0 Å². The van der Waals surface area contributed by atoms with Crippen LogP contribution in [0.5, 0.6) is 0 Å². The molecule has 1 rings (SSSR count). The van der Waals surface area contributed by atoms with E-state index in [1.807, 2.05) is 18.2 Å². The summed E-state index contributed by atoms with van der Waals surface area (Å²) < 4.78 is 0. The summed E-state index contributed by atoms with van der Waals surface area (Å²) in [5.41, 5.74) is 1.24. The third-order valence-electron chi connectivity index (χ3n) is 3.28. The van der Waals surface area contributed by atoms with Crippen LogP contribution < -0.4 is 10.6 Å². The largest absolute Gasteiger partial charge is 0.361 e. The molecule has 112 valence electrons. The van der Waals surface area contributed by atoms with E-state index in [0.717, 1.165) is 24.7 Å². The van der Waals surface area contributed by atoms with Gasteiger partial charge in [-0.1, -0.05) is 30.3 Å². The zero-order valence-corrected chi connectivity index (χ0v) is 13.8. The fourth-order valence-corrected chi connectivity index (χ4v) is 2.43. The fraction of sp³-hybridized carbons (Fsp3) is 0.562. The number of hydrogen-bond donors (Lipinski definition) is 2. The third kappa shape index (κ3) is 6.35. The minimum Gasteiger partial charge on any atom is -0.361 e. The van der Waals surface area contributed by atoms with Crippen molar-refractivity contribution < 1.29 is 0 Å². The highest BCUT2D eigenvalue weighted by Crippen LogP contribution is 2.03. The lowest BCUT2D eigenvalue weighted by Crippen LogP contribution is -2.44. The molecule has 0 saturated heterocycles. The number of hydrogen-bond acceptors (Lipinski definition) is 2. The Morgan fingerprint density at radius 1 is 1.05 bits per heavy atom. The van der Waals surface area contributed by atoms with Crippen molar-refractivity contribution >= 4 is 17.3 Å². The van der Waals surface area contributed by atoms with Crippen molar-refractivity contribution in [3.8, 4) is 0 Å². The minimum absolute atomic E-state index is 0.558. The molecule has 3 nitrogen and oxygen atoms in total. The second-order valence-corrected chi connectivity index (χ2v) is 5.93. The third-order valence-corrected chi connectivity index (χ3v) is 3.57. The Labute approximate surface area is 128 Å². The smallest absolute Gasteiger partial charge is 0.166 e. The highest BCUT2D eigenvalue weighted by atomic mass is 32.1. The maximum atomic E-state index is 5.30. The predicted octanol–water partition coefficient (Wildman–Crippen LogP) is 2.77. The zero-order valence-electron chi connectivity index (χ0n) is 13.0. The normalized spacial score (nSPS) is 11.2. The molecule has 0 amide bonds. The number of benzene rings is 1. The van der Waals surface area contributed by atoms with Gasteiger partial charge < -0.3 is 10.6 Å². The van der Waals surface area contributed by atoms with Crippen molar-refractivity contribution in [2.24, 2.45) is 0 Å². The summed E-state index contributed by atoms with van der Waals surface area (Å²) in [5, 5.41) is 7.23. The van der Waals surface area contributed by atoms with Gasteiger partial charge in [0.25, 0.3) is 0 Å². The monoisotopic (exact) mass is 293 g/mol. The Bertz CT molecular complexity index is 382. The molecule has 1 aromatic carbocycles. The SMILES string of the molecule is CC(C)N(CCNC(=S)NCc1ccccc1)C(C)C. The van der Waals surface area contributed by atoms with Gasteiger partial charge in [0.05, 0.1) is 0 Å². The van der Waals surface area contributed by atoms with Crippen molar-refractivity contribution in [3.63, 3.8) is 0 Å². The van der Waals surface area contributed by atoms with Gasteiger partial charge in [0, 0.05) is 31.7 Å². The molecule has 0 heterocycles. The lowest BCUT2D eigenvalue weighted by atomic mass is 10.2. The van der Waals surface area contributed by atoms with Crippen LogP contribution in [0.25, 0.3) is 0 Å². The van der Waals surface area contributed by atoms with E-state index in [4.69, 9.17) is 12.2 Å². The summed E-state index contributed by atoms with van der Waals surface area (Å²) in [6.07, 6.45) is 0. The predicted molar refractivity (Wildman–Crippen MR) is 90.9 cm³/mol. The Morgan fingerprint density at radius 3 is 2.20 bits per heavy atom. The first-order valence-electron chi connectivity index (χ1n) is 7.32. The Kier molecular flexibility index (Phi) is 7.55. The van der Waals surface area contributed by atoms with E-state index in [1.54, 1.807) is 0 Å². The van der Waals surface area contributed by atoms with E-state index in [9.17, 15) is 0 Å². The molecule has 0 fully saturated rings. The Morgan fingerprint density at radius 2 is 1.65 bits per heavy atom. The quantitative estimate of drug-likeness (QED) is 0.756. The molecule has 0 saturated carbocycles. The van der Waals surface area contributed by atoms with Crippen molar-refractivity contribution in [1.29, 1.82) is 0 Å². The van der Waals surface area contributed by atoms with Gasteiger partial charge in [0.15, 0.2) is 5.11 Å². The van der Waals surface area contributed by atoms with Gasteiger partial charge in [-0.15, -0.1) is 0 Å². The van der Waals surface area contributed by atoms with Crippen LogP contribution in [0.3, 0.4) is 0 Å². The summed E-state index contributed by atoms with van der Waals surface area (Å²) in [4.78, 5) is 2.45. The van der Waals surface area contributed by atoms with Crippen molar-refractivity contribution in [3.05, 3.63) is 35.9 Å². The average Bonchev–Trinajstić information content (AvgIpc) is 2.41. The number of nitrogens with zero attached hydrogens (tertiary/aromatic N) is 1. The van der Waals surface area contributed by atoms with Crippen LogP contribution in [0.1, 0.15) is 33.3 Å². The first-order valence-corrected chi connectivity index (χ1v) is 7.73. The molecule has 20 heavy (non-hydrogen) atoms. The fourth-order valence-electron chi connectivity index (χ4n) is 2.25. The standard InChI is InChI=1S/C16H27N3S/c1-13(2)19(14(3)4)11-10-17-16(20)18-12-15-8-6-5-7-9-15/h5-9,13-14H,10-12H2,1-4H3,(H2,17,18,20). The summed E-state index contributed by atoms with van der Waals surface area (Å²) in [6.45, 7) is 11.6. The summed E-state index contributed by atoms with van der Waals surface area (Å²) in [7, 11) is 0. The van der Waals surface area contributed by atoms with Gasteiger partial charge in [0.1, 0.15) is 0 Å². The van der Waals surface area contributed by atoms with Crippen molar-refractivity contribution in [2.45, 2.75) is 46.3 Å². The molecule has 1 aromatic rings. The molecule has 0 aromatic heterocycles. The van der Waals surface area contributed by atoms with E-state index in [1.165, 1.54) is 5.56 Å². The molecule has 0 bridgehead atoms. The van der Waals surface area contributed by atoms with Crippen molar-refractivity contribution in [2.75, 3.05) is 13.1 Å². The minimum atomic E-state index is 0.558. The van der Waals surface area contributed by atoms with Crippen LogP contribution in [0.4, 0.5) is 0 Å². The van der Waals surface area contributed by atoms with Gasteiger partial charge in [-0.3, -0.25) is 4.90 Å². The van der Waals surface area contributed by atoms with E-state index < -0.39 is 0 Å². The van der Waals surface area contributed by atoms with Crippen LogP contribution in [0.2, 0.25) is 0 Å². The number of rotatable bonds is 7. The average molecular weight is 293 g/mol. The van der Waals surface area contributed by atoms with Gasteiger partial charge in [-0.05, 0) is 45.5 Å². The summed E-state index contributed by atoms with van der Waals surface area (Å²) in [6, 6.07) is 11.4. The molecular weight excluding hydrogens is 266 g/mol. The second-order valence-electron chi connectivity index (χ2n) is 5.52. The number of thiocarbonyl (C=S) groups is 1. The molecule has 0 atom stereocenters. The number of nitrogens with one attached hydrogen (secondary N) is 2. The second kappa shape index (κ2) is 8.93. The maximum Gasteiger partial charge on any atom is 0.166 e.